The summed E-state index contributed by atoms with van der Waals surface area (Å²) in [6.45, 7) is 2.81. The van der Waals surface area contributed by atoms with Gasteiger partial charge in [-0.15, -0.1) is 15.3 Å². The van der Waals surface area contributed by atoms with E-state index in [0.717, 1.165) is 46.3 Å². The fraction of sp³-hybridized carbons (Fsp3) is 0.138. The normalized spacial score (nSPS) is 13.2. The van der Waals surface area contributed by atoms with E-state index in [1.165, 1.54) is 34.7 Å². The van der Waals surface area contributed by atoms with Crippen molar-refractivity contribution >= 4 is 62.4 Å². The molecule has 0 radical (unpaired) electrons. The van der Waals surface area contributed by atoms with Crippen molar-refractivity contribution in [2.24, 2.45) is 5.10 Å². The number of hydrazone groups is 1. The molecule has 0 fully saturated rings. The number of carbonyl (C=O) groups excluding carboxylic acids is 1. The maximum atomic E-state index is 12.6. The minimum absolute atomic E-state index is 0.144. The van der Waals surface area contributed by atoms with Crippen LogP contribution in [0.5, 0.6) is 0 Å². The quantitative estimate of drug-likeness (QED) is 0.263. The van der Waals surface area contributed by atoms with E-state index in [0.29, 0.717) is 10.3 Å². The zero-order chi connectivity index (χ0) is 26.6. The molecule has 2 aromatic heterocycles. The van der Waals surface area contributed by atoms with Crippen molar-refractivity contribution in [2.45, 2.75) is 25.0 Å². The molecular formula is C29H25N7OS2. The van der Waals surface area contributed by atoms with Gasteiger partial charge >= 0.3 is 0 Å². The van der Waals surface area contributed by atoms with E-state index in [4.69, 9.17) is 4.98 Å². The molecule has 0 saturated heterocycles. The molecule has 3 heterocycles. The molecule has 8 nitrogen and oxygen atoms in total. The number of nitrogens with one attached hydrogen (secondary N) is 2. The van der Waals surface area contributed by atoms with E-state index in [-0.39, 0.29) is 11.7 Å². The minimum atomic E-state index is -0.187. The van der Waals surface area contributed by atoms with E-state index in [9.17, 15) is 4.79 Å². The molecule has 10 heteroatoms. The summed E-state index contributed by atoms with van der Waals surface area (Å²) in [4.78, 5) is 17.5. The van der Waals surface area contributed by atoms with Crippen molar-refractivity contribution in [3.8, 4) is 0 Å². The molecular weight excluding hydrogens is 527 g/mol. The Kier molecular flexibility index (Phi) is 7.29. The lowest BCUT2D eigenvalue weighted by atomic mass is 10.1. The number of benzene rings is 3. The average molecular weight is 552 g/mol. The molecule has 39 heavy (non-hydrogen) atoms. The third-order valence-electron chi connectivity index (χ3n) is 6.33. The number of amidine groups is 1. The zero-order valence-corrected chi connectivity index (χ0v) is 22.8. The van der Waals surface area contributed by atoms with Gasteiger partial charge in [-0.1, -0.05) is 102 Å². The molecule has 0 saturated carbocycles. The minimum Gasteiger partial charge on any atom is -0.323 e. The first kappa shape index (κ1) is 25.1. The maximum Gasteiger partial charge on any atom is 0.236 e. The van der Waals surface area contributed by atoms with Gasteiger partial charge in [0.15, 0.2) is 10.8 Å². The molecule has 0 bridgehead atoms. The summed E-state index contributed by atoms with van der Waals surface area (Å²) < 4.78 is 2.19. The SMILES string of the molecule is Cc1ccc(C2=CSC(NC(=O)CSc3nnc4c5ccccc5n(CCc5ccccc5)c4n3)=NN2)cc1. The topological polar surface area (TPSA) is 97.1 Å². The van der Waals surface area contributed by atoms with Crippen LogP contribution in [0.25, 0.3) is 27.8 Å². The van der Waals surface area contributed by atoms with Gasteiger partial charge in [-0.05, 0) is 25.0 Å². The standard InChI is InChI=1S/C29H25N7OS2/c1-19-11-13-21(14-12-19)23-17-38-28(34-32-23)30-25(37)18-39-29-31-27-26(33-35-29)22-9-5-6-10-24(22)36(27)16-15-20-7-3-2-4-8-20/h2-14,17,32H,15-16,18H2,1H3,(H,30,34,37). The third kappa shape index (κ3) is 5.67. The number of aryl methyl sites for hydroxylation is 3. The Bertz CT molecular complexity index is 1710. The zero-order valence-electron chi connectivity index (χ0n) is 21.2. The molecule has 2 N–H and O–H groups in total. The molecule has 0 atom stereocenters. The lowest BCUT2D eigenvalue weighted by molar-refractivity contribution is -0.117. The van der Waals surface area contributed by atoms with Crippen molar-refractivity contribution in [3.63, 3.8) is 0 Å². The van der Waals surface area contributed by atoms with Crippen molar-refractivity contribution < 1.29 is 4.79 Å². The number of hydrogen-bond donors (Lipinski definition) is 2. The largest absolute Gasteiger partial charge is 0.323 e. The number of aromatic nitrogens is 4. The number of amides is 1. The smallest absolute Gasteiger partial charge is 0.236 e. The number of rotatable bonds is 7. The van der Waals surface area contributed by atoms with Crippen molar-refractivity contribution in [1.82, 2.24) is 30.5 Å². The second kappa shape index (κ2) is 11.3. The van der Waals surface area contributed by atoms with Crippen LogP contribution in [0.1, 0.15) is 16.7 Å². The van der Waals surface area contributed by atoms with E-state index in [1.54, 1.807) is 0 Å². The van der Waals surface area contributed by atoms with Gasteiger partial charge in [-0.3, -0.25) is 10.2 Å². The van der Waals surface area contributed by atoms with Crippen molar-refractivity contribution in [1.29, 1.82) is 0 Å². The summed E-state index contributed by atoms with van der Waals surface area (Å²) >= 11 is 2.62. The van der Waals surface area contributed by atoms with Crippen LogP contribution in [0.15, 0.2) is 94.5 Å². The van der Waals surface area contributed by atoms with E-state index in [2.05, 4.69) is 80.0 Å². The molecule has 194 valence electrons. The summed E-state index contributed by atoms with van der Waals surface area (Å²) in [5.74, 6) is -0.0421. The number of hydrogen-bond acceptors (Lipinski definition) is 8. The van der Waals surface area contributed by atoms with Crippen LogP contribution in [-0.2, 0) is 17.8 Å². The highest BCUT2D eigenvalue weighted by molar-refractivity contribution is 8.16. The van der Waals surface area contributed by atoms with Crippen LogP contribution in [-0.4, -0.2) is 36.6 Å². The molecule has 0 aliphatic carbocycles. The molecule has 0 unspecified atom stereocenters. The van der Waals surface area contributed by atoms with Gasteiger partial charge in [0.2, 0.25) is 11.1 Å². The predicted octanol–water partition coefficient (Wildman–Crippen LogP) is 5.34. The van der Waals surface area contributed by atoms with Gasteiger partial charge in [-0.25, -0.2) is 4.98 Å². The van der Waals surface area contributed by atoms with Crippen LogP contribution in [0.2, 0.25) is 0 Å². The predicted molar refractivity (Wildman–Crippen MR) is 159 cm³/mol. The Morgan fingerprint density at radius 3 is 2.59 bits per heavy atom. The lowest BCUT2D eigenvalue weighted by Crippen LogP contribution is -2.32. The van der Waals surface area contributed by atoms with Gasteiger partial charge in [0.1, 0.15) is 5.52 Å². The van der Waals surface area contributed by atoms with Crippen LogP contribution >= 0.6 is 23.5 Å². The number of para-hydroxylation sites is 1. The van der Waals surface area contributed by atoms with Gasteiger partial charge in [0, 0.05) is 22.9 Å². The summed E-state index contributed by atoms with van der Waals surface area (Å²) in [6.07, 6.45) is 0.872. The lowest BCUT2D eigenvalue weighted by Gasteiger charge is -2.14. The maximum absolute atomic E-state index is 12.6. The fourth-order valence-electron chi connectivity index (χ4n) is 4.35. The average Bonchev–Trinajstić information content (AvgIpc) is 3.29. The van der Waals surface area contributed by atoms with E-state index in [1.807, 2.05) is 41.8 Å². The molecule has 1 amide bonds. The third-order valence-corrected chi connectivity index (χ3v) is 7.94. The number of nitrogens with zero attached hydrogens (tertiary/aromatic N) is 5. The Morgan fingerprint density at radius 2 is 1.79 bits per heavy atom. The van der Waals surface area contributed by atoms with Gasteiger partial charge in [-0.2, -0.15) is 0 Å². The Balaban J connectivity index is 1.12. The van der Waals surface area contributed by atoms with Crippen LogP contribution in [0.3, 0.4) is 0 Å². The highest BCUT2D eigenvalue weighted by Crippen LogP contribution is 2.28. The Hall–Kier alpha value is -4.15. The first-order valence-corrected chi connectivity index (χ1v) is 14.4. The van der Waals surface area contributed by atoms with E-state index >= 15 is 0 Å². The first-order chi connectivity index (χ1) is 19.1. The molecule has 5 aromatic rings. The summed E-state index contributed by atoms with van der Waals surface area (Å²) in [5, 5.41) is 19.9. The van der Waals surface area contributed by atoms with Crippen LogP contribution in [0.4, 0.5) is 0 Å². The fourth-order valence-corrected chi connectivity index (χ4v) is 5.62. The monoisotopic (exact) mass is 551 g/mol. The number of fused-ring (bicyclic) bond motifs is 3. The van der Waals surface area contributed by atoms with Gasteiger partial charge < -0.3 is 9.88 Å². The second-order valence-corrected chi connectivity index (χ2v) is 10.9. The molecule has 3 aromatic carbocycles. The Morgan fingerprint density at radius 1 is 1.00 bits per heavy atom. The molecule has 1 aliphatic heterocycles. The van der Waals surface area contributed by atoms with Gasteiger partial charge in [0.05, 0.1) is 17.0 Å². The first-order valence-electron chi connectivity index (χ1n) is 12.5. The highest BCUT2D eigenvalue weighted by atomic mass is 32.2. The summed E-state index contributed by atoms with van der Waals surface area (Å²) in [5.41, 5.74) is 10.0. The van der Waals surface area contributed by atoms with Crippen LogP contribution in [0, 0.1) is 6.92 Å². The van der Waals surface area contributed by atoms with Crippen molar-refractivity contribution in [3.05, 3.63) is 101 Å². The molecule has 6 rings (SSSR count). The molecule has 1 aliphatic rings. The summed E-state index contributed by atoms with van der Waals surface area (Å²) in [7, 11) is 0. The summed E-state index contributed by atoms with van der Waals surface area (Å²) in [6, 6.07) is 26.7. The number of thioether (sulfide) groups is 2. The highest BCUT2D eigenvalue weighted by Gasteiger charge is 2.17. The van der Waals surface area contributed by atoms with Gasteiger partial charge in [0.25, 0.3) is 0 Å². The second-order valence-electron chi connectivity index (χ2n) is 9.05. The van der Waals surface area contributed by atoms with Crippen LogP contribution < -0.4 is 10.7 Å². The molecule has 0 spiro atoms. The Labute approximate surface area is 234 Å². The number of carbonyl (C=O) groups is 1. The van der Waals surface area contributed by atoms with Crippen molar-refractivity contribution in [2.75, 3.05) is 5.75 Å². The van der Waals surface area contributed by atoms with E-state index < -0.39 is 0 Å².